The van der Waals surface area contributed by atoms with Crippen molar-refractivity contribution in [3.8, 4) is 11.8 Å². The van der Waals surface area contributed by atoms with E-state index in [1.54, 1.807) is 0 Å². The van der Waals surface area contributed by atoms with Crippen LogP contribution in [0.15, 0.2) is 39.6 Å². The molecular weight excluding hydrogens is 375 g/mol. The summed E-state index contributed by atoms with van der Waals surface area (Å²) in [6.07, 6.45) is 0. The minimum Gasteiger partial charge on any atom is -0.306 e. The predicted octanol–water partition coefficient (Wildman–Crippen LogP) is 6.00. The lowest BCUT2D eigenvalue weighted by Crippen LogP contribution is -2.06. The van der Waals surface area contributed by atoms with Gasteiger partial charge in [-0.25, -0.2) is 0 Å². The smallest absolute Gasteiger partial charge is 0.306 e. The van der Waals surface area contributed by atoms with Gasteiger partial charge in [0.25, 0.3) is 0 Å². The molecule has 1 atom stereocenters. The minimum atomic E-state index is -3.30. The Kier molecular flexibility index (Phi) is 8.29. The largest absolute Gasteiger partial charge is 0.358 e. The summed E-state index contributed by atoms with van der Waals surface area (Å²) >= 11 is 3.40. The molecule has 23 heavy (non-hydrogen) atoms. The molecule has 0 bridgehead atoms. The first-order valence-electron chi connectivity index (χ1n) is 7.68. The van der Waals surface area contributed by atoms with E-state index in [0.717, 1.165) is 15.6 Å². The number of hydrogen-bond donors (Lipinski definition) is 0. The van der Waals surface area contributed by atoms with Gasteiger partial charge in [0.1, 0.15) is 0 Å². The van der Waals surface area contributed by atoms with Crippen molar-refractivity contribution in [2.45, 2.75) is 34.6 Å². The van der Waals surface area contributed by atoms with E-state index in [4.69, 9.17) is 9.05 Å². The van der Waals surface area contributed by atoms with Crippen LogP contribution in [-0.4, -0.2) is 13.2 Å². The highest BCUT2D eigenvalue weighted by atomic mass is 79.9. The van der Waals surface area contributed by atoms with Crippen molar-refractivity contribution in [2.24, 2.45) is 5.92 Å². The second-order valence-corrected chi connectivity index (χ2v) is 8.12. The van der Waals surface area contributed by atoms with Gasteiger partial charge in [-0.2, -0.15) is 0 Å². The van der Waals surface area contributed by atoms with Crippen molar-refractivity contribution in [1.29, 1.82) is 0 Å². The molecule has 0 spiro atoms. The summed E-state index contributed by atoms with van der Waals surface area (Å²) in [5, 5.41) is 0.658. The van der Waals surface area contributed by atoms with Crippen molar-refractivity contribution >= 4 is 23.5 Å². The van der Waals surface area contributed by atoms with Crippen LogP contribution in [0.25, 0.3) is 0 Å². The maximum atomic E-state index is 13.1. The number of hydrogen-bond acceptors (Lipinski definition) is 3. The second kappa shape index (κ2) is 9.45. The fraction of sp³-hybridized carbons (Fsp3) is 0.444. The zero-order valence-corrected chi connectivity index (χ0v) is 16.8. The van der Waals surface area contributed by atoms with E-state index in [1.165, 1.54) is 0 Å². The van der Waals surface area contributed by atoms with Crippen LogP contribution in [0.4, 0.5) is 0 Å². The Labute approximate surface area is 148 Å². The van der Waals surface area contributed by atoms with Gasteiger partial charge in [-0.05, 0) is 58.9 Å². The zero-order chi connectivity index (χ0) is 17.5. The lowest BCUT2D eigenvalue weighted by atomic mass is 10.1. The molecule has 5 heteroatoms. The van der Waals surface area contributed by atoms with Gasteiger partial charge in [0.15, 0.2) is 0 Å². The Morgan fingerprint density at radius 2 is 1.70 bits per heavy atom. The maximum Gasteiger partial charge on any atom is 0.358 e. The summed E-state index contributed by atoms with van der Waals surface area (Å²) < 4.78 is 25.1. The Hall–Kier alpha value is -0.850. The fourth-order valence-electron chi connectivity index (χ4n) is 2.25. The van der Waals surface area contributed by atoms with Crippen LogP contribution < -0.4 is 0 Å². The predicted molar refractivity (Wildman–Crippen MR) is 99.4 cm³/mol. The fourth-order valence-corrected chi connectivity index (χ4v) is 4.64. The molecule has 3 nitrogen and oxygen atoms in total. The summed E-state index contributed by atoms with van der Waals surface area (Å²) in [6, 6.07) is 7.77. The van der Waals surface area contributed by atoms with Crippen molar-refractivity contribution in [3.05, 3.63) is 45.2 Å². The lowest BCUT2D eigenvalue weighted by Gasteiger charge is -2.23. The van der Waals surface area contributed by atoms with E-state index in [2.05, 4.69) is 27.8 Å². The van der Waals surface area contributed by atoms with Crippen LogP contribution in [0.3, 0.4) is 0 Å². The van der Waals surface area contributed by atoms with E-state index in [0.29, 0.717) is 18.5 Å². The Balaban J connectivity index is 3.14. The van der Waals surface area contributed by atoms with Crippen molar-refractivity contribution in [3.63, 3.8) is 0 Å². The molecule has 0 N–H and O–H groups in total. The molecule has 0 saturated heterocycles. The highest BCUT2D eigenvalue weighted by Gasteiger charge is 2.33. The third kappa shape index (κ3) is 5.94. The molecule has 0 saturated carbocycles. The molecule has 0 aliphatic rings. The normalized spacial score (nSPS) is 12.3. The number of benzene rings is 1. The molecule has 0 aliphatic carbocycles. The van der Waals surface area contributed by atoms with Gasteiger partial charge in [0, 0.05) is 10.0 Å². The average molecular weight is 399 g/mol. The minimum absolute atomic E-state index is 0.215. The molecule has 1 aromatic rings. The van der Waals surface area contributed by atoms with Crippen LogP contribution in [0.5, 0.6) is 0 Å². The molecule has 0 aromatic heterocycles. The van der Waals surface area contributed by atoms with E-state index < -0.39 is 7.60 Å². The zero-order valence-electron chi connectivity index (χ0n) is 14.4. The third-order valence-electron chi connectivity index (χ3n) is 3.09. The number of halogens is 1. The summed E-state index contributed by atoms with van der Waals surface area (Å²) in [7, 11) is -3.30. The molecular formula is C18H24BrO3P. The molecule has 0 aliphatic heterocycles. The van der Waals surface area contributed by atoms with E-state index in [9.17, 15) is 4.57 Å². The van der Waals surface area contributed by atoms with Crippen molar-refractivity contribution < 1.29 is 13.6 Å². The van der Waals surface area contributed by atoms with Gasteiger partial charge in [0.2, 0.25) is 0 Å². The standard InChI is InChI=1S/C18H24BrO3P/c1-6-21-23(20,22-7-2)18(14(3)4)15(5)8-9-16-10-12-17(19)13-11-16/h10-13,15H,6-7H2,1-5H3. The van der Waals surface area contributed by atoms with E-state index in [-0.39, 0.29) is 5.92 Å². The van der Waals surface area contributed by atoms with Gasteiger partial charge in [-0.15, -0.1) is 0 Å². The molecule has 126 valence electrons. The first kappa shape index (κ1) is 20.2. The first-order chi connectivity index (χ1) is 10.8. The van der Waals surface area contributed by atoms with E-state index >= 15 is 0 Å². The Bertz CT molecular complexity index is 639. The maximum absolute atomic E-state index is 13.1. The molecule has 0 fully saturated rings. The Morgan fingerprint density at radius 1 is 1.17 bits per heavy atom. The quantitative estimate of drug-likeness (QED) is 0.435. The summed E-state index contributed by atoms with van der Waals surface area (Å²) in [5.74, 6) is 6.08. The molecule has 0 amide bonds. The van der Waals surface area contributed by atoms with Gasteiger partial charge in [-0.3, -0.25) is 4.57 Å². The van der Waals surface area contributed by atoms with Crippen LogP contribution in [0, 0.1) is 17.8 Å². The lowest BCUT2D eigenvalue weighted by molar-refractivity contribution is 0.224. The summed E-state index contributed by atoms with van der Waals surface area (Å²) in [4.78, 5) is 0. The first-order valence-corrected chi connectivity index (χ1v) is 10.0. The topological polar surface area (TPSA) is 35.5 Å². The van der Waals surface area contributed by atoms with Crippen LogP contribution in [-0.2, 0) is 13.6 Å². The second-order valence-electron chi connectivity index (χ2n) is 5.22. The van der Waals surface area contributed by atoms with Crippen LogP contribution >= 0.6 is 23.5 Å². The van der Waals surface area contributed by atoms with Crippen LogP contribution in [0.1, 0.15) is 40.2 Å². The molecule has 1 rings (SSSR count). The summed E-state index contributed by atoms with van der Waals surface area (Å²) in [5.41, 5.74) is 1.84. The third-order valence-corrected chi connectivity index (χ3v) is 6.24. The average Bonchev–Trinajstić information content (AvgIpc) is 2.46. The van der Waals surface area contributed by atoms with Crippen molar-refractivity contribution in [1.82, 2.24) is 0 Å². The molecule has 1 aromatic carbocycles. The number of rotatable bonds is 6. The Morgan fingerprint density at radius 3 is 2.13 bits per heavy atom. The molecule has 0 radical (unpaired) electrons. The molecule has 0 heterocycles. The van der Waals surface area contributed by atoms with Gasteiger partial charge in [-0.1, -0.05) is 33.3 Å². The van der Waals surface area contributed by atoms with Gasteiger partial charge in [0.05, 0.1) is 24.4 Å². The monoisotopic (exact) mass is 398 g/mol. The van der Waals surface area contributed by atoms with Crippen molar-refractivity contribution in [2.75, 3.05) is 13.2 Å². The summed E-state index contributed by atoms with van der Waals surface area (Å²) in [6.45, 7) is 10.1. The number of allylic oxidation sites excluding steroid dienone is 2. The van der Waals surface area contributed by atoms with E-state index in [1.807, 2.05) is 58.9 Å². The van der Waals surface area contributed by atoms with Gasteiger partial charge >= 0.3 is 7.60 Å². The van der Waals surface area contributed by atoms with Gasteiger partial charge < -0.3 is 9.05 Å². The highest BCUT2D eigenvalue weighted by molar-refractivity contribution is 9.10. The van der Waals surface area contributed by atoms with Crippen LogP contribution in [0.2, 0.25) is 0 Å². The highest BCUT2D eigenvalue weighted by Crippen LogP contribution is 2.59. The molecule has 1 unspecified atom stereocenters. The SMILES string of the molecule is CCOP(=O)(OCC)C(=C(C)C)C(C)C#Cc1ccc(Br)cc1.